The van der Waals surface area contributed by atoms with Crippen molar-refractivity contribution in [3.8, 4) is 0 Å². The Labute approximate surface area is 118 Å². The third-order valence-corrected chi connectivity index (χ3v) is 4.23. The summed E-state index contributed by atoms with van der Waals surface area (Å²) in [5, 5.41) is 13.1. The first-order valence-electron chi connectivity index (χ1n) is 6.86. The Kier molecular flexibility index (Phi) is 4.21. The molecule has 106 valence electrons. The lowest BCUT2D eigenvalue weighted by atomic mass is 9.93. The highest BCUT2D eigenvalue weighted by Crippen LogP contribution is 2.37. The fourth-order valence-electron chi connectivity index (χ4n) is 2.28. The Bertz CT molecular complexity index is 454. The summed E-state index contributed by atoms with van der Waals surface area (Å²) in [5.74, 6) is -0.156. The van der Waals surface area contributed by atoms with Gasteiger partial charge in [-0.25, -0.2) is 0 Å². The molecule has 2 N–H and O–H groups in total. The molecule has 19 heavy (non-hydrogen) atoms. The van der Waals surface area contributed by atoms with Crippen LogP contribution in [-0.2, 0) is 0 Å². The highest BCUT2D eigenvalue weighted by atomic mass is 35.5. The summed E-state index contributed by atoms with van der Waals surface area (Å²) in [6, 6.07) is 2.10. The number of aliphatic hydroxyl groups excluding tert-OH is 1. The number of hydrogen-bond donors (Lipinski definition) is 2. The molecular weight excluding hydrogens is 264 g/mol. The van der Waals surface area contributed by atoms with Crippen molar-refractivity contribution in [1.82, 2.24) is 9.88 Å². The van der Waals surface area contributed by atoms with Gasteiger partial charge in [-0.2, -0.15) is 0 Å². The first-order chi connectivity index (χ1) is 9.05. The van der Waals surface area contributed by atoms with Gasteiger partial charge in [-0.1, -0.05) is 25.4 Å². The van der Waals surface area contributed by atoms with Gasteiger partial charge in [0.15, 0.2) is 0 Å². The summed E-state index contributed by atoms with van der Waals surface area (Å²) in [7, 11) is 0. The Morgan fingerprint density at radius 3 is 2.63 bits per heavy atom. The Hall–Kier alpha value is -1.00. The average molecular weight is 285 g/mol. The summed E-state index contributed by atoms with van der Waals surface area (Å²) in [4.78, 5) is 12.4. The van der Waals surface area contributed by atoms with Crippen molar-refractivity contribution in [3.05, 3.63) is 23.0 Å². The van der Waals surface area contributed by atoms with Gasteiger partial charge in [0.05, 0.1) is 17.2 Å². The molecule has 1 heterocycles. The zero-order valence-electron chi connectivity index (χ0n) is 11.4. The molecule has 0 radical (unpaired) electrons. The normalized spacial score (nSPS) is 15.6. The van der Waals surface area contributed by atoms with E-state index in [1.807, 2.05) is 24.6 Å². The van der Waals surface area contributed by atoms with Crippen LogP contribution in [0.1, 0.15) is 56.1 Å². The molecule has 1 aliphatic carbocycles. The summed E-state index contributed by atoms with van der Waals surface area (Å²) < 4.78 is 1.95. The topological polar surface area (TPSA) is 54.3 Å². The van der Waals surface area contributed by atoms with Crippen LogP contribution < -0.4 is 5.32 Å². The highest BCUT2D eigenvalue weighted by molar-refractivity contribution is 6.31. The lowest BCUT2D eigenvalue weighted by Crippen LogP contribution is -2.50. The van der Waals surface area contributed by atoms with Gasteiger partial charge in [0, 0.05) is 12.2 Å². The van der Waals surface area contributed by atoms with E-state index in [2.05, 4.69) is 5.32 Å². The number of nitrogens with zero attached hydrogens (tertiary/aromatic N) is 1. The maximum atomic E-state index is 12.4. The second-order valence-electron chi connectivity index (χ2n) is 5.28. The van der Waals surface area contributed by atoms with E-state index in [1.54, 1.807) is 6.07 Å². The van der Waals surface area contributed by atoms with Crippen LogP contribution in [0, 0.1) is 0 Å². The van der Waals surface area contributed by atoms with Crippen molar-refractivity contribution in [3.63, 3.8) is 0 Å². The van der Waals surface area contributed by atoms with E-state index < -0.39 is 5.54 Å². The molecule has 5 heteroatoms. The number of nitrogens with one attached hydrogen (secondary N) is 1. The molecule has 0 unspecified atom stereocenters. The summed E-state index contributed by atoms with van der Waals surface area (Å²) in [6.07, 6.45) is 5.40. The van der Waals surface area contributed by atoms with E-state index >= 15 is 0 Å². The van der Waals surface area contributed by atoms with E-state index in [0.717, 1.165) is 12.8 Å². The number of hydrogen-bond acceptors (Lipinski definition) is 2. The zero-order chi connectivity index (χ0) is 14.0. The minimum atomic E-state index is -0.539. The molecule has 1 aromatic rings. The van der Waals surface area contributed by atoms with Crippen molar-refractivity contribution >= 4 is 17.5 Å². The molecule has 0 aliphatic heterocycles. The summed E-state index contributed by atoms with van der Waals surface area (Å²) >= 11 is 6.00. The lowest BCUT2D eigenvalue weighted by Gasteiger charge is -2.30. The molecular formula is C14H21ClN2O2. The van der Waals surface area contributed by atoms with E-state index in [-0.39, 0.29) is 12.5 Å². The van der Waals surface area contributed by atoms with E-state index in [0.29, 0.717) is 29.6 Å². The molecule has 1 aromatic heterocycles. The lowest BCUT2D eigenvalue weighted by molar-refractivity contribution is 0.0808. The molecule has 1 amide bonds. The highest BCUT2D eigenvalue weighted by Gasteiger charge is 2.32. The minimum Gasteiger partial charge on any atom is -0.394 e. The van der Waals surface area contributed by atoms with Gasteiger partial charge < -0.3 is 15.0 Å². The van der Waals surface area contributed by atoms with Crippen LogP contribution in [0.5, 0.6) is 0 Å². The molecule has 1 aliphatic rings. The standard InChI is InChI=1S/C14H21ClN2O2/c1-3-14(4-2,9-18)16-13(19)12-7-10(15)8-17(12)11-5-6-11/h7-8,11,18H,3-6,9H2,1-2H3,(H,16,19). The fourth-order valence-corrected chi connectivity index (χ4v) is 2.49. The van der Waals surface area contributed by atoms with Crippen molar-refractivity contribution in [2.45, 2.75) is 51.1 Å². The maximum Gasteiger partial charge on any atom is 0.268 e. The quantitative estimate of drug-likeness (QED) is 0.844. The van der Waals surface area contributed by atoms with Gasteiger partial charge in [0.1, 0.15) is 5.69 Å². The Morgan fingerprint density at radius 2 is 2.16 bits per heavy atom. The van der Waals surface area contributed by atoms with Crippen LogP contribution in [-0.4, -0.2) is 27.7 Å². The van der Waals surface area contributed by atoms with Gasteiger partial charge in [0.2, 0.25) is 0 Å². The third kappa shape index (κ3) is 2.95. The monoisotopic (exact) mass is 284 g/mol. The van der Waals surface area contributed by atoms with Crippen LogP contribution in [0.15, 0.2) is 12.3 Å². The zero-order valence-corrected chi connectivity index (χ0v) is 12.2. The molecule has 4 nitrogen and oxygen atoms in total. The van der Waals surface area contributed by atoms with Gasteiger partial charge in [-0.05, 0) is 31.7 Å². The predicted octanol–water partition coefficient (Wildman–Crippen LogP) is 2.76. The summed E-state index contributed by atoms with van der Waals surface area (Å²) in [5.41, 5.74) is 0.0505. The third-order valence-electron chi connectivity index (χ3n) is 4.02. The van der Waals surface area contributed by atoms with Crippen molar-refractivity contribution in [1.29, 1.82) is 0 Å². The molecule has 0 atom stereocenters. The molecule has 0 spiro atoms. The number of carbonyl (C=O) groups excluding carboxylic acids is 1. The second kappa shape index (κ2) is 5.55. The largest absolute Gasteiger partial charge is 0.394 e. The van der Waals surface area contributed by atoms with Gasteiger partial charge >= 0.3 is 0 Å². The number of carbonyl (C=O) groups is 1. The van der Waals surface area contributed by atoms with Crippen molar-refractivity contribution < 1.29 is 9.90 Å². The number of aromatic nitrogens is 1. The van der Waals surface area contributed by atoms with Crippen LogP contribution in [0.2, 0.25) is 5.02 Å². The number of halogens is 1. The number of amides is 1. The van der Waals surface area contributed by atoms with E-state index in [9.17, 15) is 9.90 Å². The van der Waals surface area contributed by atoms with E-state index in [4.69, 9.17) is 11.6 Å². The fraction of sp³-hybridized carbons (Fsp3) is 0.643. The molecule has 2 rings (SSSR count). The minimum absolute atomic E-state index is 0.0520. The smallest absolute Gasteiger partial charge is 0.268 e. The number of rotatable bonds is 6. The van der Waals surface area contributed by atoms with Crippen LogP contribution in [0.4, 0.5) is 0 Å². The van der Waals surface area contributed by atoms with Crippen LogP contribution in [0.25, 0.3) is 0 Å². The molecule has 0 aromatic carbocycles. The first-order valence-corrected chi connectivity index (χ1v) is 7.23. The Morgan fingerprint density at radius 1 is 1.53 bits per heavy atom. The molecule has 0 bridgehead atoms. The summed E-state index contributed by atoms with van der Waals surface area (Å²) in [6.45, 7) is 3.88. The molecule has 0 saturated heterocycles. The van der Waals surface area contributed by atoms with Crippen LogP contribution >= 0.6 is 11.6 Å². The van der Waals surface area contributed by atoms with Crippen LogP contribution in [0.3, 0.4) is 0 Å². The van der Waals surface area contributed by atoms with Gasteiger partial charge in [-0.15, -0.1) is 0 Å². The molecule has 1 saturated carbocycles. The van der Waals surface area contributed by atoms with E-state index in [1.165, 1.54) is 0 Å². The van der Waals surface area contributed by atoms with Gasteiger partial charge in [-0.3, -0.25) is 4.79 Å². The first kappa shape index (κ1) is 14.4. The second-order valence-corrected chi connectivity index (χ2v) is 5.72. The van der Waals surface area contributed by atoms with Crippen molar-refractivity contribution in [2.75, 3.05) is 6.61 Å². The maximum absolute atomic E-state index is 12.4. The SMILES string of the molecule is CCC(CC)(CO)NC(=O)c1cc(Cl)cn1C1CC1. The predicted molar refractivity (Wildman–Crippen MR) is 75.6 cm³/mol. The average Bonchev–Trinajstić information content (AvgIpc) is 3.19. The number of aliphatic hydroxyl groups is 1. The molecule has 1 fully saturated rings. The Balaban J connectivity index is 2.19. The van der Waals surface area contributed by atoms with Crippen molar-refractivity contribution in [2.24, 2.45) is 0 Å². The van der Waals surface area contributed by atoms with Gasteiger partial charge in [0.25, 0.3) is 5.91 Å².